The van der Waals surface area contributed by atoms with Crippen LogP contribution >= 0.6 is 0 Å². The molecule has 33 heavy (non-hydrogen) atoms. The van der Waals surface area contributed by atoms with Gasteiger partial charge in [-0.15, -0.1) is 0 Å². The van der Waals surface area contributed by atoms with Gasteiger partial charge in [0.25, 0.3) is 0 Å². The first-order valence-electron chi connectivity index (χ1n) is 12.4. The Hall–Kier alpha value is -0.617. The van der Waals surface area contributed by atoms with Gasteiger partial charge in [0.05, 0.1) is 0 Å². The second kappa shape index (κ2) is 12.4. The van der Waals surface area contributed by atoms with Gasteiger partial charge in [-0.05, 0) is 0 Å². The molecule has 0 spiro atoms. The molecule has 0 nitrogen and oxygen atoms in total. The fourth-order valence-corrected chi connectivity index (χ4v) is 9.25. The summed E-state index contributed by atoms with van der Waals surface area (Å²) in [7, 11) is 0. The van der Waals surface area contributed by atoms with E-state index < -0.39 is 23.2 Å². The van der Waals surface area contributed by atoms with Crippen LogP contribution in [0.15, 0.2) is 39.7 Å². The van der Waals surface area contributed by atoms with E-state index in [0.29, 0.717) is 11.8 Å². The SMILES string of the molecule is CCCC(C)c1cc2c(cc1C)Cc1c-2cc(C(C)CCC)c(C)[c]1[Zr+2][C]1=CC=CC1.[Cl-].[Cl-]. The average molecular weight is 561 g/mol. The zero-order valence-corrected chi connectivity index (χ0v) is 25.1. The normalized spacial score (nSPS) is 15.0. The van der Waals surface area contributed by atoms with Crippen LogP contribution in [0.5, 0.6) is 0 Å². The predicted molar refractivity (Wildman–Crippen MR) is 132 cm³/mol. The molecule has 0 radical (unpaired) electrons. The number of hydrogen-bond acceptors (Lipinski definition) is 0. The summed E-state index contributed by atoms with van der Waals surface area (Å²) >= 11 is -0.753. The molecule has 176 valence electrons. The summed E-state index contributed by atoms with van der Waals surface area (Å²) < 4.78 is 3.52. The molecule has 0 N–H and O–H groups in total. The molecular formula is C30H38Cl2Zr. The Labute approximate surface area is 226 Å². The van der Waals surface area contributed by atoms with Gasteiger partial charge < -0.3 is 24.8 Å². The number of halogens is 2. The van der Waals surface area contributed by atoms with Crippen molar-refractivity contribution in [2.45, 2.75) is 91.9 Å². The molecule has 2 aromatic carbocycles. The van der Waals surface area contributed by atoms with E-state index in [2.05, 4.69) is 78.0 Å². The molecule has 0 bridgehead atoms. The van der Waals surface area contributed by atoms with Crippen molar-refractivity contribution in [1.82, 2.24) is 0 Å². The van der Waals surface area contributed by atoms with Gasteiger partial charge in [-0.1, -0.05) is 0 Å². The minimum absolute atomic E-state index is 0. The quantitative estimate of drug-likeness (QED) is 0.397. The molecule has 2 atom stereocenters. The van der Waals surface area contributed by atoms with Crippen molar-refractivity contribution in [2.24, 2.45) is 0 Å². The molecule has 2 unspecified atom stereocenters. The van der Waals surface area contributed by atoms with Crippen molar-refractivity contribution in [1.29, 1.82) is 0 Å². The first kappa shape index (κ1) is 28.6. The van der Waals surface area contributed by atoms with Crippen LogP contribution in [-0.4, -0.2) is 0 Å². The molecule has 2 aromatic rings. The zero-order valence-electron chi connectivity index (χ0n) is 21.1. The topological polar surface area (TPSA) is 0 Å². The van der Waals surface area contributed by atoms with Gasteiger partial charge in [-0.25, -0.2) is 0 Å². The summed E-state index contributed by atoms with van der Waals surface area (Å²) in [5.41, 5.74) is 12.7. The van der Waals surface area contributed by atoms with Crippen LogP contribution in [0.1, 0.15) is 105 Å². The van der Waals surface area contributed by atoms with E-state index in [-0.39, 0.29) is 24.8 Å². The third-order valence-corrected chi connectivity index (χ3v) is 11.4. The standard InChI is InChI=1S/C25H33.C5H5.2ClH.Zr/c1-7-9-16(3)22-14-24-20(11-18(22)5)13-21-12-19(6)23(15-25(21)24)17(4)10-8-2;1-2-4-5-3-1;;;/h11,14-17H,7-10,13H2,1-6H3;1-3H,4H2;2*1H;/q;;;;+2/p-2. The van der Waals surface area contributed by atoms with Gasteiger partial charge in [0.15, 0.2) is 0 Å². The van der Waals surface area contributed by atoms with Gasteiger partial charge in [0.2, 0.25) is 0 Å². The number of fused-ring (bicyclic) bond motifs is 3. The molecule has 0 fully saturated rings. The summed E-state index contributed by atoms with van der Waals surface area (Å²) in [6, 6.07) is 7.70. The smallest absolute Gasteiger partial charge is 1.00 e. The van der Waals surface area contributed by atoms with Crippen molar-refractivity contribution >= 4 is 3.27 Å². The number of allylic oxidation sites excluding steroid dienone is 4. The summed E-state index contributed by atoms with van der Waals surface area (Å²) in [5.74, 6) is 1.30. The number of aryl methyl sites for hydroxylation is 1. The maximum absolute atomic E-state index is 2.60. The van der Waals surface area contributed by atoms with Crippen LogP contribution in [-0.2, 0) is 29.7 Å². The molecule has 0 saturated carbocycles. The van der Waals surface area contributed by atoms with E-state index in [1.165, 1.54) is 37.7 Å². The Morgan fingerprint density at radius 2 is 1.52 bits per heavy atom. The van der Waals surface area contributed by atoms with E-state index in [0.717, 1.165) is 6.42 Å². The fourth-order valence-electron chi connectivity index (χ4n) is 5.74. The summed E-state index contributed by atoms with van der Waals surface area (Å²) in [6.45, 7) is 14.3. The second-order valence-corrected chi connectivity index (χ2v) is 13.3. The Bertz CT molecular complexity index is 1050. The first-order chi connectivity index (χ1) is 14.9. The van der Waals surface area contributed by atoms with E-state index in [4.69, 9.17) is 0 Å². The van der Waals surface area contributed by atoms with Crippen LogP contribution in [0.3, 0.4) is 0 Å². The minimum atomic E-state index is -0.753. The molecule has 0 heterocycles. The van der Waals surface area contributed by atoms with Gasteiger partial charge in [-0.3, -0.25) is 0 Å². The molecule has 3 heteroatoms. The average Bonchev–Trinajstić information content (AvgIpc) is 3.36. The summed E-state index contributed by atoms with van der Waals surface area (Å²) in [4.78, 5) is 0. The van der Waals surface area contributed by atoms with Crippen LogP contribution in [0, 0.1) is 13.8 Å². The van der Waals surface area contributed by atoms with E-state index in [1.807, 2.05) is 0 Å². The Morgan fingerprint density at radius 3 is 2.12 bits per heavy atom. The second-order valence-electron chi connectivity index (χ2n) is 9.86. The fraction of sp³-hybridized carbons (Fsp3) is 0.467. The van der Waals surface area contributed by atoms with Crippen molar-refractivity contribution in [3.63, 3.8) is 0 Å². The number of benzene rings is 2. The Morgan fingerprint density at radius 1 is 0.879 bits per heavy atom. The van der Waals surface area contributed by atoms with E-state index >= 15 is 0 Å². The number of hydrogen-bond donors (Lipinski definition) is 0. The summed E-state index contributed by atoms with van der Waals surface area (Å²) in [5, 5.41) is 0. The molecule has 0 saturated heterocycles. The van der Waals surface area contributed by atoms with Crippen LogP contribution in [0.4, 0.5) is 0 Å². The van der Waals surface area contributed by atoms with Gasteiger partial charge in [0.1, 0.15) is 0 Å². The third kappa shape index (κ3) is 5.79. The molecule has 2 aliphatic rings. The monoisotopic (exact) mass is 558 g/mol. The molecule has 0 aliphatic heterocycles. The first-order valence-corrected chi connectivity index (χ1v) is 14.8. The zero-order chi connectivity index (χ0) is 22.1. The molecular weight excluding hydrogens is 522 g/mol. The maximum atomic E-state index is 2.60. The van der Waals surface area contributed by atoms with Crippen LogP contribution in [0.25, 0.3) is 11.1 Å². The van der Waals surface area contributed by atoms with Gasteiger partial charge in [0, 0.05) is 0 Å². The Balaban J connectivity index is 0.00000193. The maximum Gasteiger partial charge on any atom is -1.00 e. The third-order valence-electron chi connectivity index (χ3n) is 7.45. The van der Waals surface area contributed by atoms with E-state index in [1.54, 1.807) is 45.5 Å². The largest absolute Gasteiger partial charge is 1.00 e. The molecule has 4 rings (SSSR count). The predicted octanol–water partition coefficient (Wildman–Crippen LogP) is 2.24. The van der Waals surface area contributed by atoms with Gasteiger partial charge in [-0.2, -0.15) is 0 Å². The van der Waals surface area contributed by atoms with Crippen molar-refractivity contribution < 1.29 is 48.0 Å². The Kier molecular flexibility index (Phi) is 10.7. The van der Waals surface area contributed by atoms with E-state index in [9.17, 15) is 0 Å². The molecule has 2 aliphatic carbocycles. The minimum Gasteiger partial charge on any atom is -1.00 e. The number of rotatable bonds is 8. The van der Waals surface area contributed by atoms with Crippen molar-refractivity contribution in [2.75, 3.05) is 0 Å². The molecule has 0 aromatic heterocycles. The summed E-state index contributed by atoms with van der Waals surface area (Å²) in [6.07, 6.45) is 14.4. The van der Waals surface area contributed by atoms with Crippen LogP contribution in [0.2, 0.25) is 0 Å². The van der Waals surface area contributed by atoms with Crippen LogP contribution < -0.4 is 28.1 Å². The van der Waals surface area contributed by atoms with Gasteiger partial charge >= 0.3 is 203 Å². The van der Waals surface area contributed by atoms with Crippen molar-refractivity contribution in [3.05, 3.63) is 73.1 Å². The molecule has 0 amide bonds. The van der Waals surface area contributed by atoms with Crippen molar-refractivity contribution in [3.8, 4) is 11.1 Å².